The number of hydrogen-bond acceptors (Lipinski definition) is 7. The van der Waals surface area contributed by atoms with Gasteiger partial charge in [0.05, 0.1) is 12.2 Å². The Bertz CT molecular complexity index is 3370. The highest BCUT2D eigenvalue weighted by atomic mass is 32.1. The maximum atomic E-state index is 12.9. The van der Waals surface area contributed by atoms with Crippen LogP contribution in [-0.2, 0) is 31.9 Å². The number of fused-ring (bicyclic) bond motifs is 3. The van der Waals surface area contributed by atoms with Crippen LogP contribution in [0.5, 0.6) is 0 Å². The third kappa shape index (κ3) is 12.6. The van der Waals surface area contributed by atoms with Crippen LogP contribution in [0, 0.1) is 19.3 Å². The van der Waals surface area contributed by atoms with Crippen molar-refractivity contribution in [1.82, 2.24) is 0 Å². The highest BCUT2D eigenvalue weighted by molar-refractivity contribution is 7.25. The number of esters is 1. The summed E-state index contributed by atoms with van der Waals surface area (Å²) in [4.78, 5) is 30.0. The van der Waals surface area contributed by atoms with Crippen molar-refractivity contribution in [3.8, 4) is 22.3 Å². The van der Waals surface area contributed by atoms with Gasteiger partial charge in [0.2, 0.25) is 0 Å². The van der Waals surface area contributed by atoms with Crippen molar-refractivity contribution in [2.45, 2.75) is 99.5 Å². The van der Waals surface area contributed by atoms with Gasteiger partial charge in [-0.2, -0.15) is 0 Å². The predicted octanol–water partition coefficient (Wildman–Crippen LogP) is 18.6. The summed E-state index contributed by atoms with van der Waals surface area (Å²) in [5.41, 5.74) is 15.3. The van der Waals surface area contributed by atoms with Gasteiger partial charge in [-0.05, 0) is 172 Å². The lowest BCUT2D eigenvalue weighted by Gasteiger charge is -2.26. The number of Topliss-reactive ketones (excluding diaryl/α,β-unsaturated/α-hetero) is 1. The average molecular weight is 1010 g/mol. The van der Waals surface area contributed by atoms with Crippen LogP contribution in [0.15, 0.2) is 182 Å². The molecule has 75 heavy (non-hydrogen) atoms. The zero-order chi connectivity index (χ0) is 52.7. The van der Waals surface area contributed by atoms with E-state index in [2.05, 4.69) is 219 Å². The van der Waals surface area contributed by atoms with Gasteiger partial charge < -0.3 is 19.3 Å². The van der Waals surface area contributed by atoms with Gasteiger partial charge >= 0.3 is 5.97 Å². The van der Waals surface area contributed by atoms with E-state index in [0.717, 1.165) is 64.5 Å². The molecule has 0 unspecified atom stereocenters. The largest absolute Gasteiger partial charge is 0.463 e. The number of anilines is 6. The topological polar surface area (TPSA) is 59.1 Å². The van der Waals surface area contributed by atoms with E-state index in [4.69, 9.17) is 9.47 Å². The summed E-state index contributed by atoms with van der Waals surface area (Å²) < 4.78 is 13.8. The lowest BCUT2D eigenvalue weighted by atomic mass is 9.83. The van der Waals surface area contributed by atoms with Gasteiger partial charge in [-0.25, -0.2) is 0 Å². The van der Waals surface area contributed by atoms with Gasteiger partial charge in [-0.3, -0.25) is 9.59 Å². The number of benzene rings is 8. The number of ketones is 1. The Morgan fingerprint density at radius 2 is 0.827 bits per heavy atom. The highest BCUT2D eigenvalue weighted by Crippen LogP contribution is 2.42. The summed E-state index contributed by atoms with van der Waals surface area (Å²) in [5, 5.41) is 2.53. The van der Waals surface area contributed by atoms with Crippen molar-refractivity contribution >= 4 is 77.4 Å². The van der Waals surface area contributed by atoms with Crippen LogP contribution in [0.2, 0.25) is 0 Å². The molecule has 0 fully saturated rings. The van der Waals surface area contributed by atoms with Gasteiger partial charge in [0.1, 0.15) is 12.4 Å². The molecule has 0 aliphatic rings. The number of thiophene rings is 1. The third-order valence-corrected chi connectivity index (χ3v) is 16.1. The number of nitrogens with zero attached hydrogens (tertiary/aromatic N) is 2. The summed E-state index contributed by atoms with van der Waals surface area (Å²) in [5.74, 6) is 0.109. The average Bonchev–Trinajstić information content (AvgIpc) is 3.81. The molecule has 9 aromatic rings. The third-order valence-electron chi connectivity index (χ3n) is 15.0. The number of carbonyl (C=O) groups is 2. The van der Waals surface area contributed by atoms with Crippen LogP contribution in [0.1, 0.15) is 89.5 Å². The van der Waals surface area contributed by atoms with Crippen molar-refractivity contribution < 1.29 is 19.1 Å². The second-order valence-electron chi connectivity index (χ2n) is 21.1. The van der Waals surface area contributed by atoms with E-state index in [9.17, 15) is 9.59 Å². The Balaban J connectivity index is 0.901. The molecule has 8 aromatic carbocycles. The molecule has 0 radical (unpaired) electrons. The fourth-order valence-corrected chi connectivity index (χ4v) is 10.5. The minimum absolute atomic E-state index is 0.211. The van der Waals surface area contributed by atoms with E-state index < -0.39 is 0 Å². The predicted molar refractivity (Wildman–Crippen MR) is 316 cm³/mol. The summed E-state index contributed by atoms with van der Waals surface area (Å²) in [6.45, 7) is 17.2. The first kappa shape index (κ1) is 52.5. The van der Waals surface area contributed by atoms with Crippen LogP contribution in [0.3, 0.4) is 0 Å². The lowest BCUT2D eigenvalue weighted by molar-refractivity contribution is -0.147. The molecule has 0 bridgehead atoms. The number of rotatable bonds is 21. The zero-order valence-corrected chi connectivity index (χ0v) is 45.7. The molecule has 0 aliphatic carbocycles. The fourth-order valence-electron chi connectivity index (χ4n) is 9.34. The lowest BCUT2D eigenvalue weighted by Crippen LogP contribution is -2.25. The second-order valence-corrected chi connectivity index (χ2v) is 22.2. The van der Waals surface area contributed by atoms with Crippen molar-refractivity contribution in [3.05, 3.63) is 204 Å². The minimum atomic E-state index is -0.283. The Hall–Kier alpha value is -7.32. The molecule has 0 spiro atoms. The minimum Gasteiger partial charge on any atom is -0.463 e. The molecule has 9 rings (SSSR count). The summed E-state index contributed by atoms with van der Waals surface area (Å²) >= 11 is 1.84. The van der Waals surface area contributed by atoms with E-state index in [1.54, 1.807) is 0 Å². The van der Waals surface area contributed by atoms with Crippen LogP contribution in [0.25, 0.3) is 42.4 Å². The van der Waals surface area contributed by atoms with Crippen LogP contribution < -0.4 is 9.80 Å². The Kier molecular flexibility index (Phi) is 16.2. The van der Waals surface area contributed by atoms with Crippen molar-refractivity contribution in [2.75, 3.05) is 23.0 Å². The first-order valence-corrected chi connectivity index (χ1v) is 27.4. The van der Waals surface area contributed by atoms with E-state index in [-0.39, 0.29) is 23.6 Å². The molecule has 6 nitrogen and oxygen atoms in total. The Morgan fingerprint density at radius 1 is 0.453 bits per heavy atom. The smallest absolute Gasteiger partial charge is 0.306 e. The van der Waals surface area contributed by atoms with Gasteiger partial charge in [0, 0.05) is 72.6 Å². The SMILES string of the molecule is CCC(C)(C)OCCOC(=O)CCc1ccc(N(c2ccc(C)cc2)c2ccc(-c3ccc4c(c3)sc3cc(-c5ccc(N(c6ccc(C)cc6)c6ccc(CCC(=O)C(C)(C)CC)cc6)cc5)ccc34)cc2)cc1. The molecule has 0 N–H and O–H groups in total. The Morgan fingerprint density at radius 3 is 1.23 bits per heavy atom. The quantitative estimate of drug-likeness (QED) is 0.0528. The molecule has 0 amide bonds. The van der Waals surface area contributed by atoms with Crippen LogP contribution >= 0.6 is 11.3 Å². The van der Waals surface area contributed by atoms with E-state index in [0.29, 0.717) is 31.7 Å². The molecule has 1 heterocycles. The fraction of sp³-hybridized carbons (Fsp3) is 0.265. The molecule has 7 heteroatoms. The zero-order valence-electron chi connectivity index (χ0n) is 44.9. The molecule has 0 aliphatic heterocycles. The maximum Gasteiger partial charge on any atom is 0.306 e. The summed E-state index contributed by atoms with van der Waals surface area (Å²) in [6.07, 6.45) is 3.97. The monoisotopic (exact) mass is 1010 g/mol. The summed E-state index contributed by atoms with van der Waals surface area (Å²) in [6, 6.07) is 65.9. The van der Waals surface area contributed by atoms with E-state index >= 15 is 0 Å². The van der Waals surface area contributed by atoms with Crippen LogP contribution in [-0.4, -0.2) is 30.6 Å². The van der Waals surface area contributed by atoms with Gasteiger partial charge in [-0.15, -0.1) is 11.3 Å². The normalized spacial score (nSPS) is 11.8. The number of aryl methyl sites for hydroxylation is 4. The van der Waals surface area contributed by atoms with E-state index in [1.165, 1.54) is 53.6 Å². The molecule has 0 atom stereocenters. The first-order valence-electron chi connectivity index (χ1n) is 26.6. The molecular formula is C68H70N2O4S. The van der Waals surface area contributed by atoms with Gasteiger partial charge in [-0.1, -0.05) is 136 Å². The number of hydrogen-bond donors (Lipinski definition) is 0. The number of carbonyl (C=O) groups excluding carboxylic acids is 2. The standard InChI is InChI=1S/C68H70N2O4S/c1-9-67(5,6)65(71)41-19-49-15-31-57(32-16-49)69(55-27-11-47(3)12-28-55)59-35-21-51(22-36-59)53-25-39-61-62-40-26-54(46-64(62)75-63(61)45-53)52-23-37-60(38-24-52)70(56-29-13-48(4)14-30-56)58-33-17-50(18-34-58)20-42-66(72)73-43-44-74-68(7,8)10-2/h11-18,21-40,45-46H,9-10,19-20,41-44H2,1-8H3. The first-order chi connectivity index (χ1) is 36.2. The van der Waals surface area contributed by atoms with Gasteiger partial charge in [0.25, 0.3) is 0 Å². The van der Waals surface area contributed by atoms with Crippen molar-refractivity contribution in [1.29, 1.82) is 0 Å². The van der Waals surface area contributed by atoms with E-state index in [1.807, 2.05) is 39.0 Å². The molecule has 0 saturated carbocycles. The highest BCUT2D eigenvalue weighted by Gasteiger charge is 2.25. The maximum absolute atomic E-state index is 12.9. The number of ether oxygens (including phenoxy) is 2. The summed E-state index contributed by atoms with van der Waals surface area (Å²) in [7, 11) is 0. The Labute approximate surface area is 448 Å². The van der Waals surface area contributed by atoms with Crippen molar-refractivity contribution in [2.24, 2.45) is 5.41 Å². The molecule has 1 aromatic heterocycles. The van der Waals surface area contributed by atoms with Gasteiger partial charge in [0.15, 0.2) is 0 Å². The molecule has 0 saturated heterocycles. The second kappa shape index (κ2) is 23.1. The molecular weight excluding hydrogens is 941 g/mol. The van der Waals surface area contributed by atoms with Crippen LogP contribution in [0.4, 0.5) is 34.1 Å². The van der Waals surface area contributed by atoms with Crippen molar-refractivity contribution in [3.63, 3.8) is 0 Å². The molecule has 382 valence electrons.